The first kappa shape index (κ1) is 14.4. The Balaban J connectivity index is 0. The van der Waals surface area contributed by atoms with Gasteiger partial charge in [0, 0.05) is 13.2 Å². The van der Waals surface area contributed by atoms with E-state index in [1.807, 2.05) is 0 Å². The van der Waals surface area contributed by atoms with Crippen molar-refractivity contribution in [1.82, 2.24) is 0 Å². The minimum absolute atomic E-state index is 0.306. The molecule has 4 N–H and O–H groups in total. The Morgan fingerprint density at radius 1 is 0.917 bits per heavy atom. The molecule has 0 saturated carbocycles. The molecule has 0 aromatic rings. The molecular formula is C9H23NO2. The second kappa shape index (κ2) is 17.1. The van der Waals surface area contributed by atoms with Crippen LogP contribution in [0.3, 0.4) is 0 Å². The lowest BCUT2D eigenvalue weighted by Gasteiger charge is -1.90. The van der Waals surface area contributed by atoms with Crippen molar-refractivity contribution in [2.24, 2.45) is 5.73 Å². The number of hydrogen-bond acceptors (Lipinski definition) is 3. The second-order valence-corrected chi connectivity index (χ2v) is 2.65. The fraction of sp³-hybridized carbons (Fsp3) is 1.00. The van der Waals surface area contributed by atoms with Crippen molar-refractivity contribution in [2.75, 3.05) is 19.8 Å². The van der Waals surface area contributed by atoms with Crippen molar-refractivity contribution < 1.29 is 10.2 Å². The summed E-state index contributed by atoms with van der Waals surface area (Å²) < 4.78 is 0. The van der Waals surface area contributed by atoms with Gasteiger partial charge in [-0.15, -0.1) is 0 Å². The zero-order chi connectivity index (χ0) is 9.66. The molecule has 0 bridgehead atoms. The maximum Gasteiger partial charge on any atom is 0.0431 e. The fourth-order valence-corrected chi connectivity index (χ4v) is 0.591. The van der Waals surface area contributed by atoms with E-state index in [2.05, 4.69) is 6.92 Å². The standard InChI is InChI=1S/C5H13NO.C4H10O/c6-4-2-1-3-5-7;1-2-3-4-5/h7H,1-6H2;5H,2-4H2,1H3. The first-order valence-corrected chi connectivity index (χ1v) is 4.75. The van der Waals surface area contributed by atoms with Gasteiger partial charge < -0.3 is 15.9 Å². The van der Waals surface area contributed by atoms with Crippen molar-refractivity contribution in [3.8, 4) is 0 Å². The third-order valence-corrected chi connectivity index (χ3v) is 1.37. The maximum atomic E-state index is 8.25. The van der Waals surface area contributed by atoms with Crippen molar-refractivity contribution >= 4 is 0 Å². The van der Waals surface area contributed by atoms with Gasteiger partial charge in [-0.1, -0.05) is 13.3 Å². The predicted octanol–water partition coefficient (Wildman–Crippen LogP) is 0.886. The molecule has 0 heterocycles. The van der Waals surface area contributed by atoms with Crippen LogP contribution < -0.4 is 5.73 Å². The summed E-state index contributed by atoms with van der Waals surface area (Å²) >= 11 is 0. The molecular weight excluding hydrogens is 154 g/mol. The summed E-state index contributed by atoms with van der Waals surface area (Å²) in [6.07, 6.45) is 5.04. The van der Waals surface area contributed by atoms with E-state index >= 15 is 0 Å². The quantitative estimate of drug-likeness (QED) is 0.528. The number of hydrogen-bond donors (Lipinski definition) is 3. The van der Waals surface area contributed by atoms with Crippen LogP contribution in [-0.4, -0.2) is 30.0 Å². The van der Waals surface area contributed by atoms with Crippen molar-refractivity contribution in [3.05, 3.63) is 0 Å². The smallest absolute Gasteiger partial charge is 0.0431 e. The topological polar surface area (TPSA) is 66.5 Å². The molecule has 0 aromatic carbocycles. The molecule has 0 rings (SSSR count). The van der Waals surface area contributed by atoms with E-state index in [-0.39, 0.29) is 0 Å². The zero-order valence-corrected chi connectivity index (χ0v) is 8.13. The van der Waals surface area contributed by atoms with E-state index in [1.54, 1.807) is 0 Å². The predicted molar refractivity (Wildman–Crippen MR) is 52.0 cm³/mol. The molecule has 0 fully saturated rings. The Morgan fingerprint density at radius 3 is 1.75 bits per heavy atom. The van der Waals surface area contributed by atoms with Gasteiger partial charge in [0.2, 0.25) is 0 Å². The van der Waals surface area contributed by atoms with Crippen LogP contribution in [0.25, 0.3) is 0 Å². The summed E-state index contributed by atoms with van der Waals surface area (Å²) in [6, 6.07) is 0. The van der Waals surface area contributed by atoms with Crippen LogP contribution in [0.2, 0.25) is 0 Å². The van der Waals surface area contributed by atoms with Crippen LogP contribution in [-0.2, 0) is 0 Å². The largest absolute Gasteiger partial charge is 0.396 e. The minimum atomic E-state index is 0.306. The van der Waals surface area contributed by atoms with E-state index in [1.165, 1.54) is 0 Å². The maximum absolute atomic E-state index is 8.25. The Hall–Kier alpha value is -0.120. The normalized spacial score (nSPS) is 9.00. The van der Waals surface area contributed by atoms with Crippen LogP contribution in [0, 0.1) is 0 Å². The summed E-state index contributed by atoms with van der Waals surface area (Å²) in [4.78, 5) is 0. The molecule has 0 spiro atoms. The molecule has 0 atom stereocenters. The fourth-order valence-electron chi connectivity index (χ4n) is 0.591. The number of unbranched alkanes of at least 4 members (excludes halogenated alkanes) is 3. The summed E-state index contributed by atoms with van der Waals surface area (Å²) in [5, 5.41) is 16.3. The first-order chi connectivity index (χ1) is 5.83. The molecule has 12 heavy (non-hydrogen) atoms. The molecule has 0 aliphatic heterocycles. The van der Waals surface area contributed by atoms with Gasteiger partial charge in [-0.3, -0.25) is 0 Å². The lowest BCUT2D eigenvalue weighted by molar-refractivity contribution is 0.283. The molecule has 0 aliphatic rings. The van der Waals surface area contributed by atoms with E-state index in [0.29, 0.717) is 13.2 Å². The molecule has 0 amide bonds. The third kappa shape index (κ3) is 22.5. The number of nitrogens with two attached hydrogens (primary N) is 1. The Kier molecular flexibility index (Phi) is 20.5. The van der Waals surface area contributed by atoms with Gasteiger partial charge in [-0.05, 0) is 32.2 Å². The monoisotopic (exact) mass is 177 g/mol. The average Bonchev–Trinajstić information content (AvgIpc) is 2.08. The molecule has 0 radical (unpaired) electrons. The second-order valence-electron chi connectivity index (χ2n) is 2.65. The highest BCUT2D eigenvalue weighted by Crippen LogP contribution is 1.89. The highest BCUT2D eigenvalue weighted by atomic mass is 16.3. The first-order valence-electron chi connectivity index (χ1n) is 4.75. The van der Waals surface area contributed by atoms with Crippen LogP contribution in [0.15, 0.2) is 0 Å². The number of rotatable bonds is 6. The molecule has 3 heteroatoms. The average molecular weight is 177 g/mol. The van der Waals surface area contributed by atoms with Crippen LogP contribution in [0.5, 0.6) is 0 Å². The van der Waals surface area contributed by atoms with Gasteiger partial charge in [-0.2, -0.15) is 0 Å². The van der Waals surface area contributed by atoms with Crippen molar-refractivity contribution in [1.29, 1.82) is 0 Å². The van der Waals surface area contributed by atoms with E-state index in [4.69, 9.17) is 15.9 Å². The van der Waals surface area contributed by atoms with Crippen molar-refractivity contribution in [3.63, 3.8) is 0 Å². The van der Waals surface area contributed by atoms with Crippen LogP contribution in [0.4, 0.5) is 0 Å². The van der Waals surface area contributed by atoms with Gasteiger partial charge >= 0.3 is 0 Å². The SMILES string of the molecule is CCCCO.NCCCCCO. The summed E-state index contributed by atoms with van der Waals surface area (Å²) in [5.41, 5.74) is 5.19. The van der Waals surface area contributed by atoms with E-state index in [9.17, 15) is 0 Å². The molecule has 0 saturated heterocycles. The Labute approximate surface area is 75.6 Å². The molecule has 76 valence electrons. The van der Waals surface area contributed by atoms with E-state index < -0.39 is 0 Å². The lowest BCUT2D eigenvalue weighted by atomic mass is 10.2. The number of aliphatic hydroxyl groups is 2. The zero-order valence-electron chi connectivity index (χ0n) is 8.13. The lowest BCUT2D eigenvalue weighted by Crippen LogP contribution is -1.98. The molecule has 3 nitrogen and oxygen atoms in total. The molecule has 0 aliphatic carbocycles. The van der Waals surface area contributed by atoms with Crippen molar-refractivity contribution in [2.45, 2.75) is 39.0 Å². The van der Waals surface area contributed by atoms with Crippen LogP contribution >= 0.6 is 0 Å². The third-order valence-electron chi connectivity index (χ3n) is 1.37. The van der Waals surface area contributed by atoms with Gasteiger partial charge in [-0.25, -0.2) is 0 Å². The van der Waals surface area contributed by atoms with Crippen LogP contribution in [0.1, 0.15) is 39.0 Å². The summed E-state index contributed by atoms with van der Waals surface area (Å²) in [6.45, 7) is 3.45. The number of aliphatic hydroxyl groups excluding tert-OH is 2. The van der Waals surface area contributed by atoms with Gasteiger partial charge in [0.05, 0.1) is 0 Å². The van der Waals surface area contributed by atoms with Gasteiger partial charge in [0.15, 0.2) is 0 Å². The highest BCUT2D eigenvalue weighted by Gasteiger charge is 1.81. The van der Waals surface area contributed by atoms with Gasteiger partial charge in [0.1, 0.15) is 0 Å². The summed E-state index contributed by atoms with van der Waals surface area (Å²) in [7, 11) is 0. The summed E-state index contributed by atoms with van der Waals surface area (Å²) in [5.74, 6) is 0. The Morgan fingerprint density at radius 2 is 1.50 bits per heavy atom. The minimum Gasteiger partial charge on any atom is -0.396 e. The Bertz CT molecular complexity index is 54.5. The molecule has 0 unspecified atom stereocenters. The molecule has 0 aromatic heterocycles. The highest BCUT2D eigenvalue weighted by molar-refractivity contribution is 4.38. The van der Waals surface area contributed by atoms with E-state index in [0.717, 1.165) is 38.6 Å². The van der Waals surface area contributed by atoms with Gasteiger partial charge in [0.25, 0.3) is 0 Å².